The topological polar surface area (TPSA) is 57.2 Å². The van der Waals surface area contributed by atoms with E-state index >= 15 is 0 Å². The average Bonchev–Trinajstić information content (AvgIpc) is 2.87. The molecule has 0 aromatic carbocycles. The summed E-state index contributed by atoms with van der Waals surface area (Å²) in [5.74, 6) is 0. The van der Waals surface area contributed by atoms with Gasteiger partial charge in [-0.05, 0) is 60.8 Å². The van der Waals surface area contributed by atoms with Gasteiger partial charge in [-0.3, -0.25) is 0 Å². The van der Waals surface area contributed by atoms with Crippen molar-refractivity contribution in [2.24, 2.45) is 0 Å². The van der Waals surface area contributed by atoms with E-state index < -0.39 is 37.3 Å². The molecule has 0 aromatic rings. The van der Waals surface area contributed by atoms with Crippen LogP contribution in [0, 0.1) is 0 Å². The predicted molar refractivity (Wildman–Crippen MR) is 147 cm³/mol. The lowest BCUT2D eigenvalue weighted by Gasteiger charge is -2.52. The predicted octanol–water partition coefficient (Wildman–Crippen LogP) is 7.28. The zero-order valence-electron chi connectivity index (χ0n) is 23.5. The maximum absolute atomic E-state index is 11.3. The number of hydrogen-bond donors (Lipinski definition) is 1. The van der Waals surface area contributed by atoms with Crippen LogP contribution >= 0.6 is 0 Å². The van der Waals surface area contributed by atoms with Gasteiger partial charge in [0.25, 0.3) is 0 Å². The minimum Gasteiger partial charge on any atom is -0.409 e. The number of aliphatic hydroxyl groups excluding tert-OH is 1. The summed E-state index contributed by atoms with van der Waals surface area (Å²) in [4.78, 5) is 0. The second-order valence-electron chi connectivity index (χ2n) is 9.95. The molecule has 0 bridgehead atoms. The van der Waals surface area contributed by atoms with Crippen molar-refractivity contribution in [2.75, 3.05) is 0 Å². The van der Waals surface area contributed by atoms with Crippen molar-refractivity contribution in [1.82, 2.24) is 0 Å². The molecule has 1 saturated heterocycles. The van der Waals surface area contributed by atoms with E-state index in [2.05, 4.69) is 69.2 Å². The van der Waals surface area contributed by atoms with Gasteiger partial charge in [-0.25, -0.2) is 0 Å². The molecule has 1 aliphatic heterocycles. The van der Waals surface area contributed by atoms with Crippen molar-refractivity contribution in [3.8, 4) is 0 Å². The average molecular weight is 521 g/mol. The van der Waals surface area contributed by atoms with Crippen LogP contribution in [0.5, 0.6) is 0 Å². The molecule has 8 heteroatoms. The Morgan fingerprint density at radius 3 is 1.12 bits per heavy atom. The molecule has 1 fully saturated rings. The van der Waals surface area contributed by atoms with Crippen LogP contribution in [0.2, 0.25) is 54.4 Å². The third-order valence-electron chi connectivity index (χ3n) is 8.97. The van der Waals surface area contributed by atoms with E-state index in [1.807, 2.05) is 0 Å². The smallest absolute Gasteiger partial charge is 0.192 e. The Labute approximate surface area is 208 Å². The van der Waals surface area contributed by atoms with E-state index in [0.29, 0.717) is 0 Å². The second kappa shape index (κ2) is 14.3. The van der Waals surface area contributed by atoms with Crippen molar-refractivity contribution in [3.63, 3.8) is 0 Å². The third kappa shape index (κ3) is 7.24. The Morgan fingerprint density at radius 1 is 0.515 bits per heavy atom. The van der Waals surface area contributed by atoms with E-state index in [-0.39, 0.29) is 18.3 Å². The van der Waals surface area contributed by atoms with Crippen LogP contribution in [0.15, 0.2) is 0 Å². The van der Waals surface area contributed by atoms with Gasteiger partial charge in [-0.2, -0.15) is 0 Å². The fourth-order valence-corrected chi connectivity index (χ4v) is 14.0. The molecule has 1 aliphatic rings. The summed E-state index contributed by atoms with van der Waals surface area (Å²) in [6.07, 6.45) is -1.25. The van der Waals surface area contributed by atoms with Gasteiger partial charge in [0.2, 0.25) is 0 Å². The zero-order chi connectivity index (χ0) is 25.3. The first-order valence-electron chi connectivity index (χ1n) is 14.0. The Hall–Kier alpha value is 0.451. The lowest BCUT2D eigenvalue weighted by atomic mass is 9.97. The Bertz CT molecular complexity index is 513. The molecule has 5 unspecified atom stereocenters. The van der Waals surface area contributed by atoms with Crippen LogP contribution in [-0.2, 0) is 18.0 Å². The molecule has 5 atom stereocenters. The Balaban J connectivity index is 3.57. The summed E-state index contributed by atoms with van der Waals surface area (Å²) >= 11 is 0. The highest BCUT2D eigenvalue weighted by molar-refractivity contribution is 6.74. The van der Waals surface area contributed by atoms with Crippen LogP contribution in [0.1, 0.15) is 75.7 Å². The third-order valence-corrected chi connectivity index (χ3v) is 22.9. The SMILES string of the molecule is CCC1OC(O)C(O[Si](CC)(CC)CC)C(O[Si](CC)(CC)CC)C1O[Si](CC)(CC)CC. The summed E-state index contributed by atoms with van der Waals surface area (Å²) < 4.78 is 27.6. The summed E-state index contributed by atoms with van der Waals surface area (Å²) in [5.41, 5.74) is 0. The molecule has 0 saturated carbocycles. The monoisotopic (exact) mass is 520 g/mol. The highest BCUT2D eigenvalue weighted by Gasteiger charge is 2.53. The molecule has 0 radical (unpaired) electrons. The molecular weight excluding hydrogens is 465 g/mol. The van der Waals surface area contributed by atoms with Crippen LogP contribution < -0.4 is 0 Å². The molecule has 0 amide bonds. The largest absolute Gasteiger partial charge is 0.409 e. The fourth-order valence-electron chi connectivity index (χ4n) is 5.49. The molecule has 0 aromatic heterocycles. The van der Waals surface area contributed by atoms with Gasteiger partial charge in [0.05, 0.1) is 12.2 Å². The fraction of sp³-hybridized carbons (Fsp3) is 1.00. The summed E-state index contributed by atoms with van der Waals surface area (Å²) in [7, 11) is -5.87. The number of rotatable bonds is 16. The van der Waals surface area contributed by atoms with Gasteiger partial charge in [0, 0.05) is 0 Å². The van der Waals surface area contributed by atoms with Gasteiger partial charge < -0.3 is 23.1 Å². The number of aliphatic hydroxyl groups is 1. The van der Waals surface area contributed by atoms with Gasteiger partial charge in [-0.1, -0.05) is 69.2 Å². The molecule has 5 nitrogen and oxygen atoms in total. The molecular formula is C25H56O5Si3. The molecule has 1 N–H and O–H groups in total. The van der Waals surface area contributed by atoms with Crippen molar-refractivity contribution < 1.29 is 23.1 Å². The lowest BCUT2D eigenvalue weighted by molar-refractivity contribution is -0.271. The van der Waals surface area contributed by atoms with E-state index in [4.69, 9.17) is 18.0 Å². The maximum atomic E-state index is 11.3. The highest BCUT2D eigenvalue weighted by Crippen LogP contribution is 2.39. The standard InChI is InChI=1S/C25H56O5Si3/c1-11-21-22(28-31(12-2,13-3)14-4)23(29-32(15-5,16-6)17-7)24(25(26)27-21)30-33(18-8,19-9)20-10/h21-26H,11-20H2,1-10H3. The summed E-state index contributed by atoms with van der Waals surface area (Å²) in [6, 6.07) is 9.57. The summed E-state index contributed by atoms with van der Waals surface area (Å²) in [5, 5.41) is 11.3. The van der Waals surface area contributed by atoms with Crippen molar-refractivity contribution in [1.29, 1.82) is 0 Å². The van der Waals surface area contributed by atoms with Crippen molar-refractivity contribution in [2.45, 2.75) is 161 Å². The van der Waals surface area contributed by atoms with Gasteiger partial charge >= 0.3 is 0 Å². The van der Waals surface area contributed by atoms with Gasteiger partial charge in [0.15, 0.2) is 31.2 Å². The minimum absolute atomic E-state index is 0.167. The molecule has 33 heavy (non-hydrogen) atoms. The number of hydrogen-bond acceptors (Lipinski definition) is 5. The van der Waals surface area contributed by atoms with Crippen LogP contribution in [-0.4, -0.2) is 60.8 Å². The molecule has 0 aliphatic carbocycles. The molecule has 0 spiro atoms. The molecule has 198 valence electrons. The first kappa shape index (κ1) is 31.5. The van der Waals surface area contributed by atoms with Crippen LogP contribution in [0.3, 0.4) is 0 Å². The van der Waals surface area contributed by atoms with Gasteiger partial charge in [0.1, 0.15) is 12.2 Å². The van der Waals surface area contributed by atoms with Crippen molar-refractivity contribution >= 4 is 25.0 Å². The summed E-state index contributed by atoms with van der Waals surface area (Å²) in [6.45, 7) is 22.5. The van der Waals surface area contributed by atoms with E-state index in [1.165, 1.54) is 0 Å². The van der Waals surface area contributed by atoms with E-state index in [0.717, 1.165) is 60.8 Å². The van der Waals surface area contributed by atoms with E-state index in [9.17, 15) is 5.11 Å². The maximum Gasteiger partial charge on any atom is 0.192 e. The first-order chi connectivity index (χ1) is 15.7. The minimum atomic E-state index is -1.99. The lowest BCUT2D eigenvalue weighted by Crippen LogP contribution is -2.66. The second-order valence-corrected chi connectivity index (χ2v) is 24.1. The highest BCUT2D eigenvalue weighted by atomic mass is 28.4. The Kier molecular flexibility index (Phi) is 13.6. The van der Waals surface area contributed by atoms with Gasteiger partial charge in [-0.15, -0.1) is 0 Å². The quantitative estimate of drug-likeness (QED) is 0.217. The van der Waals surface area contributed by atoms with Crippen LogP contribution in [0.25, 0.3) is 0 Å². The number of ether oxygens (including phenoxy) is 1. The normalized spacial score (nSPS) is 27.2. The molecule has 1 rings (SSSR count). The zero-order valence-corrected chi connectivity index (χ0v) is 26.5. The van der Waals surface area contributed by atoms with E-state index in [1.54, 1.807) is 0 Å². The van der Waals surface area contributed by atoms with Crippen molar-refractivity contribution in [3.05, 3.63) is 0 Å². The first-order valence-corrected chi connectivity index (χ1v) is 21.6. The van der Waals surface area contributed by atoms with Crippen LogP contribution in [0.4, 0.5) is 0 Å². The molecule has 1 heterocycles. The Morgan fingerprint density at radius 2 is 0.818 bits per heavy atom.